The second-order valence-electron chi connectivity index (χ2n) is 5.18. The van der Waals surface area contributed by atoms with Crippen LogP contribution >= 0.6 is 11.6 Å². The highest BCUT2D eigenvalue weighted by atomic mass is 35.5. The number of hydrogen-bond acceptors (Lipinski definition) is 5. The molecular weight excluding hydrogens is 354 g/mol. The normalized spacial score (nSPS) is 12.7. The summed E-state index contributed by atoms with van der Waals surface area (Å²) in [4.78, 5) is 0. The molecule has 2 aromatic rings. The number of benzene rings is 2. The van der Waals surface area contributed by atoms with E-state index in [1.54, 1.807) is 48.5 Å². The Morgan fingerprint density at radius 3 is 2.04 bits per heavy atom. The fraction of sp³-hybridized carbons (Fsp3) is 0.250. The largest absolute Gasteiger partial charge is 0.457 e. The molecule has 0 radical (unpaired) electrons. The molecule has 0 aliphatic heterocycles. The highest BCUT2D eigenvalue weighted by Gasteiger charge is 2.20. The maximum Gasteiger partial charge on any atom is 0.232 e. The van der Waals surface area contributed by atoms with Crippen LogP contribution in [0.2, 0.25) is 5.02 Å². The molecule has 0 aromatic heterocycles. The minimum absolute atomic E-state index is 0.229. The van der Waals surface area contributed by atoms with Crippen LogP contribution in [-0.2, 0) is 10.0 Å². The monoisotopic (exact) mass is 371 g/mol. The summed E-state index contributed by atoms with van der Waals surface area (Å²) in [7, 11) is -3.59. The van der Waals surface area contributed by atoms with Crippen LogP contribution in [0.25, 0.3) is 0 Å². The van der Waals surface area contributed by atoms with Gasteiger partial charge in [-0.3, -0.25) is 4.31 Å². The lowest BCUT2D eigenvalue weighted by molar-refractivity contribution is 0.102. The Bertz CT molecular complexity index is 762. The van der Waals surface area contributed by atoms with Crippen molar-refractivity contribution in [3.05, 3.63) is 53.6 Å². The van der Waals surface area contributed by atoms with E-state index in [1.165, 1.54) is 0 Å². The summed E-state index contributed by atoms with van der Waals surface area (Å²) in [6, 6.07) is 13.2. The third kappa shape index (κ3) is 5.10. The van der Waals surface area contributed by atoms with E-state index < -0.39 is 22.7 Å². The maximum absolute atomic E-state index is 11.9. The Labute approximate surface area is 145 Å². The van der Waals surface area contributed by atoms with Gasteiger partial charge in [-0.1, -0.05) is 11.6 Å². The van der Waals surface area contributed by atoms with Crippen LogP contribution in [0.3, 0.4) is 0 Å². The molecule has 0 bridgehead atoms. The van der Waals surface area contributed by atoms with Gasteiger partial charge in [-0.25, -0.2) is 8.42 Å². The third-order valence-electron chi connectivity index (χ3n) is 3.16. The van der Waals surface area contributed by atoms with Crippen LogP contribution in [0.5, 0.6) is 11.5 Å². The Kier molecular flexibility index (Phi) is 6.06. The van der Waals surface area contributed by atoms with Crippen molar-refractivity contribution in [1.82, 2.24) is 0 Å². The fourth-order valence-corrected chi connectivity index (χ4v) is 3.07. The molecule has 0 spiro atoms. The van der Waals surface area contributed by atoms with Gasteiger partial charge in [0.1, 0.15) is 11.5 Å². The van der Waals surface area contributed by atoms with Gasteiger partial charge in [0, 0.05) is 5.02 Å². The Morgan fingerprint density at radius 2 is 1.58 bits per heavy atom. The lowest BCUT2D eigenvalue weighted by Gasteiger charge is -2.24. The number of rotatable bonds is 7. The number of aliphatic hydroxyl groups excluding tert-OH is 2. The maximum atomic E-state index is 11.9. The molecule has 2 aromatic carbocycles. The van der Waals surface area contributed by atoms with Crippen molar-refractivity contribution in [2.45, 2.75) is 6.10 Å². The van der Waals surface area contributed by atoms with Gasteiger partial charge < -0.3 is 14.9 Å². The lowest BCUT2D eigenvalue weighted by Crippen LogP contribution is -2.38. The number of anilines is 1. The first-order valence-corrected chi connectivity index (χ1v) is 9.32. The summed E-state index contributed by atoms with van der Waals surface area (Å²) in [5, 5.41) is 19.1. The Hall–Kier alpha value is -1.80. The van der Waals surface area contributed by atoms with Crippen LogP contribution in [0, 0.1) is 0 Å². The molecule has 0 aliphatic carbocycles. The minimum Gasteiger partial charge on any atom is -0.457 e. The first-order valence-electron chi connectivity index (χ1n) is 7.09. The van der Waals surface area contributed by atoms with Crippen molar-refractivity contribution in [3.8, 4) is 11.5 Å². The van der Waals surface area contributed by atoms with Crippen LogP contribution in [-0.4, -0.2) is 44.1 Å². The first kappa shape index (κ1) is 18.5. The average molecular weight is 372 g/mol. The molecule has 0 saturated carbocycles. The number of sulfonamides is 1. The second-order valence-corrected chi connectivity index (χ2v) is 7.52. The van der Waals surface area contributed by atoms with Crippen molar-refractivity contribution in [3.63, 3.8) is 0 Å². The Balaban J connectivity index is 2.18. The summed E-state index contributed by atoms with van der Waals surface area (Å²) in [5.74, 6) is 1.13. The smallest absolute Gasteiger partial charge is 0.232 e. The molecule has 0 heterocycles. The molecule has 0 fully saturated rings. The number of halogens is 1. The van der Waals surface area contributed by atoms with Crippen molar-refractivity contribution in [2.24, 2.45) is 0 Å². The summed E-state index contributed by atoms with van der Waals surface area (Å²) < 4.78 is 30.4. The fourth-order valence-electron chi connectivity index (χ4n) is 2.00. The first-order chi connectivity index (χ1) is 11.3. The van der Waals surface area contributed by atoms with Gasteiger partial charge >= 0.3 is 0 Å². The molecule has 1 unspecified atom stereocenters. The topological polar surface area (TPSA) is 87.1 Å². The van der Waals surface area contributed by atoms with Crippen LogP contribution in [0.4, 0.5) is 5.69 Å². The van der Waals surface area contributed by atoms with Gasteiger partial charge in [-0.2, -0.15) is 0 Å². The quantitative estimate of drug-likeness (QED) is 0.779. The van der Waals surface area contributed by atoms with Crippen molar-refractivity contribution < 1.29 is 23.4 Å². The minimum atomic E-state index is -3.59. The van der Waals surface area contributed by atoms with Crippen LogP contribution in [0.1, 0.15) is 0 Å². The number of hydrogen-bond donors (Lipinski definition) is 2. The standard InChI is InChI=1S/C16H18ClNO5S/c1-24(21,22)18(10-14(20)11-19)13-4-8-16(9-5-13)23-15-6-2-12(17)3-7-15/h2-9,14,19-20H,10-11H2,1H3. The van der Waals surface area contributed by atoms with Crippen molar-refractivity contribution in [1.29, 1.82) is 0 Å². The highest BCUT2D eigenvalue weighted by molar-refractivity contribution is 7.92. The van der Waals surface area contributed by atoms with E-state index in [9.17, 15) is 13.5 Å². The second kappa shape index (κ2) is 7.85. The number of nitrogens with zero attached hydrogens (tertiary/aromatic N) is 1. The number of ether oxygens (including phenoxy) is 1. The van der Waals surface area contributed by atoms with Gasteiger partial charge in [0.2, 0.25) is 10.0 Å². The van der Waals surface area contributed by atoms with Crippen LogP contribution in [0.15, 0.2) is 48.5 Å². The van der Waals surface area contributed by atoms with Gasteiger partial charge in [-0.15, -0.1) is 0 Å². The van der Waals surface area contributed by atoms with Gasteiger partial charge in [0.15, 0.2) is 0 Å². The van der Waals surface area contributed by atoms with Gasteiger partial charge in [0.05, 0.1) is 31.2 Å². The van der Waals surface area contributed by atoms with E-state index in [0.717, 1.165) is 10.6 Å². The van der Waals surface area contributed by atoms with Gasteiger partial charge in [-0.05, 0) is 48.5 Å². The molecule has 24 heavy (non-hydrogen) atoms. The van der Waals surface area contributed by atoms with E-state index in [-0.39, 0.29) is 6.54 Å². The molecule has 2 N–H and O–H groups in total. The SMILES string of the molecule is CS(=O)(=O)N(CC(O)CO)c1ccc(Oc2ccc(Cl)cc2)cc1. The zero-order chi connectivity index (χ0) is 17.7. The van der Waals surface area contributed by atoms with Crippen molar-refractivity contribution in [2.75, 3.05) is 23.7 Å². The molecule has 8 heteroatoms. The van der Waals surface area contributed by atoms with Gasteiger partial charge in [0.25, 0.3) is 0 Å². The molecule has 1 atom stereocenters. The molecular formula is C16H18ClNO5S. The van der Waals surface area contributed by atoms with E-state index in [2.05, 4.69) is 0 Å². The zero-order valence-corrected chi connectivity index (χ0v) is 14.5. The summed E-state index contributed by atoms with van der Waals surface area (Å²) in [6.07, 6.45) is -0.125. The molecule has 0 aliphatic rings. The zero-order valence-electron chi connectivity index (χ0n) is 13.0. The summed E-state index contributed by atoms with van der Waals surface area (Å²) in [6.45, 7) is -0.753. The molecule has 2 rings (SSSR count). The van der Waals surface area contributed by atoms with E-state index in [0.29, 0.717) is 22.2 Å². The van der Waals surface area contributed by atoms with Crippen molar-refractivity contribution >= 4 is 27.3 Å². The predicted molar refractivity (Wildman–Crippen MR) is 93.3 cm³/mol. The summed E-state index contributed by atoms with van der Waals surface area (Å²) in [5.41, 5.74) is 0.369. The molecule has 0 amide bonds. The molecule has 6 nitrogen and oxygen atoms in total. The third-order valence-corrected chi connectivity index (χ3v) is 4.57. The highest BCUT2D eigenvalue weighted by Crippen LogP contribution is 2.26. The average Bonchev–Trinajstić information content (AvgIpc) is 2.54. The number of aliphatic hydroxyl groups is 2. The summed E-state index contributed by atoms with van der Waals surface area (Å²) >= 11 is 5.81. The lowest BCUT2D eigenvalue weighted by atomic mass is 10.2. The van der Waals surface area contributed by atoms with E-state index >= 15 is 0 Å². The predicted octanol–water partition coefficient (Wildman–Crippen LogP) is 2.25. The van der Waals surface area contributed by atoms with E-state index in [4.69, 9.17) is 21.4 Å². The van der Waals surface area contributed by atoms with E-state index in [1.807, 2.05) is 0 Å². The van der Waals surface area contributed by atoms with Crippen LogP contribution < -0.4 is 9.04 Å². The molecule has 130 valence electrons. The Morgan fingerprint density at radius 1 is 1.08 bits per heavy atom. The molecule has 0 saturated heterocycles.